The Morgan fingerprint density at radius 1 is 1.25 bits per heavy atom. The first-order valence-corrected chi connectivity index (χ1v) is 9.78. The van der Waals surface area contributed by atoms with Crippen molar-refractivity contribution in [2.24, 2.45) is 0 Å². The highest BCUT2D eigenvalue weighted by Crippen LogP contribution is 2.35. The van der Waals surface area contributed by atoms with E-state index in [1.54, 1.807) is 29.8 Å². The third-order valence-corrected chi connectivity index (χ3v) is 5.43. The molecule has 0 aliphatic rings. The van der Waals surface area contributed by atoms with Crippen LogP contribution in [-0.4, -0.2) is 27.6 Å². The second-order valence-corrected chi connectivity index (χ2v) is 7.12. The number of aromatic nitrogens is 3. The number of nitrogens with zero attached hydrogens (tertiary/aromatic N) is 3. The number of methoxy groups -OCH3 is 1. The zero-order chi connectivity index (χ0) is 19.5. The number of esters is 1. The van der Waals surface area contributed by atoms with Crippen molar-refractivity contribution in [3.05, 3.63) is 72.0 Å². The summed E-state index contributed by atoms with van der Waals surface area (Å²) < 4.78 is 7.00. The van der Waals surface area contributed by atoms with Crippen LogP contribution in [-0.2, 0) is 11.3 Å². The van der Waals surface area contributed by atoms with Gasteiger partial charge in [0.1, 0.15) is 5.01 Å². The molecule has 4 rings (SSSR count). The summed E-state index contributed by atoms with van der Waals surface area (Å²) in [6.07, 6.45) is 9.73. The molecule has 1 aromatic carbocycles. The Hall–Kier alpha value is -3.25. The van der Waals surface area contributed by atoms with Gasteiger partial charge in [-0.15, -0.1) is 11.3 Å². The van der Waals surface area contributed by atoms with E-state index in [4.69, 9.17) is 9.72 Å². The number of rotatable bonds is 5. The Kier molecular flexibility index (Phi) is 5.04. The van der Waals surface area contributed by atoms with Gasteiger partial charge in [-0.2, -0.15) is 0 Å². The van der Waals surface area contributed by atoms with Gasteiger partial charge in [-0.1, -0.05) is 18.2 Å². The van der Waals surface area contributed by atoms with Crippen molar-refractivity contribution in [2.45, 2.75) is 13.5 Å². The normalized spacial score (nSPS) is 11.4. The smallest absolute Gasteiger partial charge is 0.337 e. The molecule has 0 spiro atoms. The molecule has 5 nitrogen and oxygen atoms in total. The number of benzene rings is 1. The van der Waals surface area contributed by atoms with Gasteiger partial charge in [-0.05, 0) is 31.2 Å². The number of allylic oxidation sites excluding steroid dienone is 2. The first kappa shape index (κ1) is 18.1. The molecule has 0 unspecified atom stereocenters. The molecule has 28 heavy (non-hydrogen) atoms. The van der Waals surface area contributed by atoms with Gasteiger partial charge in [0.25, 0.3) is 0 Å². The van der Waals surface area contributed by atoms with Gasteiger partial charge in [0.2, 0.25) is 0 Å². The van der Waals surface area contributed by atoms with Crippen LogP contribution in [0.1, 0.15) is 17.3 Å². The molecule has 0 bridgehead atoms. The molecule has 6 heteroatoms. The lowest BCUT2D eigenvalue weighted by Crippen LogP contribution is -2.01. The largest absolute Gasteiger partial charge is 0.465 e. The van der Waals surface area contributed by atoms with Crippen LogP contribution in [0.5, 0.6) is 0 Å². The van der Waals surface area contributed by atoms with Crippen molar-refractivity contribution in [1.82, 2.24) is 14.5 Å². The summed E-state index contributed by atoms with van der Waals surface area (Å²) in [5.41, 5.74) is 4.56. The SMILES string of the molecule is C/C=C\Cn1cc(-c2nc(-c3ccncc3)cs2)c2ccc(C(=O)OC)cc21. The van der Waals surface area contributed by atoms with Gasteiger partial charge in [-0.3, -0.25) is 4.98 Å². The van der Waals surface area contributed by atoms with E-state index in [0.29, 0.717) is 5.56 Å². The molecule has 4 aromatic rings. The summed E-state index contributed by atoms with van der Waals surface area (Å²) in [5, 5.41) is 4.07. The lowest BCUT2D eigenvalue weighted by molar-refractivity contribution is 0.0601. The Morgan fingerprint density at radius 3 is 2.82 bits per heavy atom. The zero-order valence-electron chi connectivity index (χ0n) is 15.6. The second kappa shape index (κ2) is 7.78. The molecule has 3 heterocycles. The van der Waals surface area contributed by atoms with E-state index in [0.717, 1.165) is 39.3 Å². The second-order valence-electron chi connectivity index (χ2n) is 6.26. The van der Waals surface area contributed by atoms with E-state index in [1.165, 1.54) is 7.11 Å². The van der Waals surface area contributed by atoms with Crippen molar-refractivity contribution in [3.8, 4) is 21.8 Å². The molecule has 3 aromatic heterocycles. The summed E-state index contributed by atoms with van der Waals surface area (Å²) in [6, 6.07) is 9.56. The molecule has 0 saturated heterocycles. The van der Waals surface area contributed by atoms with Crippen LogP contribution in [0.25, 0.3) is 32.7 Å². The highest BCUT2D eigenvalue weighted by Gasteiger charge is 2.16. The molecule has 0 aliphatic heterocycles. The van der Waals surface area contributed by atoms with Crippen LogP contribution in [0.4, 0.5) is 0 Å². The fourth-order valence-electron chi connectivity index (χ4n) is 3.13. The maximum atomic E-state index is 12.0. The van der Waals surface area contributed by atoms with Gasteiger partial charge in [0, 0.05) is 52.5 Å². The summed E-state index contributed by atoms with van der Waals surface area (Å²) in [4.78, 5) is 20.9. The molecule has 0 N–H and O–H groups in total. The van der Waals surface area contributed by atoms with Gasteiger partial charge in [0.15, 0.2) is 0 Å². The van der Waals surface area contributed by atoms with Crippen molar-refractivity contribution in [3.63, 3.8) is 0 Å². The van der Waals surface area contributed by atoms with Crippen molar-refractivity contribution in [2.75, 3.05) is 7.11 Å². The average Bonchev–Trinajstić information content (AvgIpc) is 3.37. The number of ether oxygens (including phenoxy) is 1. The summed E-state index contributed by atoms with van der Waals surface area (Å²) in [7, 11) is 1.40. The van der Waals surface area contributed by atoms with Gasteiger partial charge in [-0.25, -0.2) is 9.78 Å². The molecule has 0 radical (unpaired) electrons. The van der Waals surface area contributed by atoms with Crippen molar-refractivity contribution < 1.29 is 9.53 Å². The van der Waals surface area contributed by atoms with Gasteiger partial charge < -0.3 is 9.30 Å². The molecule has 0 saturated carbocycles. The first-order chi connectivity index (χ1) is 13.7. The minimum Gasteiger partial charge on any atom is -0.465 e. The summed E-state index contributed by atoms with van der Waals surface area (Å²) >= 11 is 1.61. The lowest BCUT2D eigenvalue weighted by atomic mass is 10.1. The topological polar surface area (TPSA) is 57.0 Å². The van der Waals surface area contributed by atoms with Crippen LogP contribution in [0.2, 0.25) is 0 Å². The molecule has 0 amide bonds. The average molecular weight is 389 g/mol. The third kappa shape index (κ3) is 3.34. The predicted molar refractivity (Wildman–Crippen MR) is 112 cm³/mol. The van der Waals surface area contributed by atoms with E-state index >= 15 is 0 Å². The molecule has 0 fully saturated rings. The number of fused-ring (bicyclic) bond motifs is 1. The maximum absolute atomic E-state index is 12.0. The Morgan fingerprint density at radius 2 is 2.07 bits per heavy atom. The molecular weight excluding hydrogens is 370 g/mol. The Balaban J connectivity index is 1.83. The number of carbonyl (C=O) groups excluding carboxylic acids is 1. The highest BCUT2D eigenvalue weighted by atomic mass is 32.1. The molecular formula is C22H19N3O2S. The fourth-order valence-corrected chi connectivity index (χ4v) is 3.98. The zero-order valence-corrected chi connectivity index (χ0v) is 16.4. The van der Waals surface area contributed by atoms with Crippen LogP contribution >= 0.6 is 11.3 Å². The summed E-state index contributed by atoms with van der Waals surface area (Å²) in [6.45, 7) is 2.72. The number of pyridine rings is 1. The third-order valence-electron chi connectivity index (χ3n) is 4.55. The molecule has 140 valence electrons. The Labute approximate surface area is 167 Å². The maximum Gasteiger partial charge on any atom is 0.337 e. The highest BCUT2D eigenvalue weighted by molar-refractivity contribution is 7.13. The monoisotopic (exact) mass is 389 g/mol. The van der Waals surface area contributed by atoms with E-state index in [9.17, 15) is 4.79 Å². The summed E-state index contributed by atoms with van der Waals surface area (Å²) in [5.74, 6) is -0.337. The molecule has 0 atom stereocenters. The van der Waals surface area contributed by atoms with Crippen molar-refractivity contribution in [1.29, 1.82) is 0 Å². The Bertz CT molecular complexity index is 1160. The van der Waals surface area contributed by atoms with Crippen LogP contribution < -0.4 is 0 Å². The fraction of sp³-hybridized carbons (Fsp3) is 0.136. The van der Waals surface area contributed by atoms with E-state index in [2.05, 4.69) is 27.2 Å². The van der Waals surface area contributed by atoms with E-state index in [-0.39, 0.29) is 5.97 Å². The number of thiazole rings is 1. The van der Waals surface area contributed by atoms with Crippen LogP contribution in [0.3, 0.4) is 0 Å². The lowest BCUT2D eigenvalue weighted by Gasteiger charge is -2.03. The number of hydrogen-bond donors (Lipinski definition) is 0. The predicted octanol–water partition coefficient (Wildman–Crippen LogP) is 5.19. The van der Waals surface area contributed by atoms with Crippen LogP contribution in [0, 0.1) is 0 Å². The minimum absolute atomic E-state index is 0.337. The minimum atomic E-state index is -0.337. The van der Waals surface area contributed by atoms with Gasteiger partial charge in [0.05, 0.1) is 18.4 Å². The number of carbonyl (C=O) groups is 1. The van der Waals surface area contributed by atoms with Crippen molar-refractivity contribution >= 4 is 28.2 Å². The number of hydrogen-bond acceptors (Lipinski definition) is 5. The van der Waals surface area contributed by atoms with Crippen LogP contribution in [0.15, 0.2) is 66.5 Å². The first-order valence-electron chi connectivity index (χ1n) is 8.90. The quantitative estimate of drug-likeness (QED) is 0.348. The van der Waals surface area contributed by atoms with Gasteiger partial charge >= 0.3 is 5.97 Å². The molecule has 0 aliphatic carbocycles. The standard InChI is InChI=1S/C22H19N3O2S/c1-3-4-11-25-13-18(17-6-5-16(12-20(17)25)22(26)27-2)21-24-19(14-28-21)15-7-9-23-10-8-15/h3-10,12-14H,11H2,1-2H3/b4-3-. The van der Waals surface area contributed by atoms with E-state index in [1.807, 2.05) is 37.3 Å². The van der Waals surface area contributed by atoms with E-state index < -0.39 is 0 Å².